The van der Waals surface area contributed by atoms with Gasteiger partial charge >= 0.3 is 11.9 Å². The Hall–Kier alpha value is -1.88. The Morgan fingerprint density at radius 2 is 1.20 bits per heavy atom. The molecule has 1 aromatic rings. The van der Waals surface area contributed by atoms with Crippen LogP contribution in [0, 0.1) is 0 Å². The van der Waals surface area contributed by atoms with Crippen LogP contribution < -0.4 is 0 Å². The van der Waals surface area contributed by atoms with E-state index >= 15 is 0 Å². The maximum atomic E-state index is 10.3. The SMILES string of the molecule is CCO.O=C(O)c1ccc(C(=O)O)cc1. The largest absolute Gasteiger partial charge is 0.478 e. The van der Waals surface area contributed by atoms with Gasteiger partial charge in [0.2, 0.25) is 0 Å². The van der Waals surface area contributed by atoms with Gasteiger partial charge in [-0.25, -0.2) is 9.59 Å². The molecule has 5 heteroatoms. The number of carbonyl (C=O) groups is 2. The van der Waals surface area contributed by atoms with Gasteiger partial charge in [-0.15, -0.1) is 0 Å². The zero-order valence-corrected chi connectivity index (χ0v) is 8.17. The smallest absolute Gasteiger partial charge is 0.335 e. The Labute approximate surface area is 86.6 Å². The average Bonchev–Trinajstić information content (AvgIpc) is 2.19. The highest BCUT2D eigenvalue weighted by atomic mass is 16.4. The molecule has 0 spiro atoms. The Morgan fingerprint density at radius 1 is 1.00 bits per heavy atom. The van der Waals surface area contributed by atoms with E-state index in [4.69, 9.17) is 15.3 Å². The van der Waals surface area contributed by atoms with Crippen molar-refractivity contribution in [2.75, 3.05) is 6.61 Å². The molecular formula is C10H12O5. The molecule has 0 aliphatic heterocycles. The third-order valence-corrected chi connectivity index (χ3v) is 1.38. The van der Waals surface area contributed by atoms with Gasteiger partial charge in [0, 0.05) is 6.61 Å². The first kappa shape index (κ1) is 13.1. The van der Waals surface area contributed by atoms with Crippen LogP contribution in [0.15, 0.2) is 24.3 Å². The van der Waals surface area contributed by atoms with Crippen molar-refractivity contribution in [2.45, 2.75) is 6.92 Å². The summed E-state index contributed by atoms with van der Waals surface area (Å²) in [6.45, 7) is 1.93. The van der Waals surface area contributed by atoms with Gasteiger partial charge in [-0.1, -0.05) is 0 Å². The molecule has 0 aromatic heterocycles. The fraction of sp³-hybridized carbons (Fsp3) is 0.200. The molecule has 0 unspecified atom stereocenters. The molecule has 82 valence electrons. The number of hydrogen-bond donors (Lipinski definition) is 3. The summed E-state index contributed by atoms with van der Waals surface area (Å²) in [5, 5.41) is 24.5. The summed E-state index contributed by atoms with van der Waals surface area (Å²) in [6, 6.07) is 5.02. The summed E-state index contributed by atoms with van der Waals surface area (Å²) >= 11 is 0. The van der Waals surface area contributed by atoms with Gasteiger partial charge in [0.1, 0.15) is 0 Å². The summed E-state index contributed by atoms with van der Waals surface area (Å²) in [6.07, 6.45) is 0. The molecule has 0 atom stereocenters. The fourth-order valence-corrected chi connectivity index (χ4v) is 0.755. The number of carboxylic acid groups (broad SMARTS) is 2. The van der Waals surface area contributed by atoms with E-state index in [1.165, 1.54) is 24.3 Å². The minimum Gasteiger partial charge on any atom is -0.478 e. The highest BCUT2D eigenvalue weighted by Crippen LogP contribution is 2.03. The van der Waals surface area contributed by atoms with Gasteiger partial charge in [0.15, 0.2) is 0 Å². The zero-order chi connectivity index (χ0) is 11.8. The van der Waals surface area contributed by atoms with E-state index in [9.17, 15) is 9.59 Å². The summed E-state index contributed by atoms with van der Waals surface area (Å²) in [5.74, 6) is -2.13. The van der Waals surface area contributed by atoms with Crippen molar-refractivity contribution < 1.29 is 24.9 Å². The second kappa shape index (κ2) is 6.56. The van der Waals surface area contributed by atoms with Crippen molar-refractivity contribution >= 4 is 11.9 Å². The van der Waals surface area contributed by atoms with E-state index in [0.29, 0.717) is 0 Å². The molecular weight excluding hydrogens is 200 g/mol. The molecule has 1 rings (SSSR count). The van der Waals surface area contributed by atoms with Crippen molar-refractivity contribution in [3.63, 3.8) is 0 Å². The van der Waals surface area contributed by atoms with Crippen LogP contribution in [0.3, 0.4) is 0 Å². The third kappa shape index (κ3) is 4.78. The topological polar surface area (TPSA) is 94.8 Å². The van der Waals surface area contributed by atoms with Crippen molar-refractivity contribution in [2.24, 2.45) is 0 Å². The van der Waals surface area contributed by atoms with E-state index in [2.05, 4.69) is 0 Å². The molecule has 0 radical (unpaired) electrons. The van der Waals surface area contributed by atoms with Crippen LogP contribution in [-0.2, 0) is 0 Å². The van der Waals surface area contributed by atoms with Gasteiger partial charge in [-0.3, -0.25) is 0 Å². The summed E-state index contributed by atoms with van der Waals surface area (Å²) < 4.78 is 0. The van der Waals surface area contributed by atoms with Crippen LogP contribution in [0.25, 0.3) is 0 Å². The first-order valence-electron chi connectivity index (χ1n) is 4.20. The molecule has 0 fully saturated rings. The van der Waals surface area contributed by atoms with E-state index < -0.39 is 11.9 Å². The Bertz CT molecular complexity index is 295. The lowest BCUT2D eigenvalue weighted by atomic mass is 10.1. The summed E-state index contributed by atoms with van der Waals surface area (Å²) in [5.41, 5.74) is 0.167. The lowest BCUT2D eigenvalue weighted by molar-refractivity contribution is 0.0681. The van der Waals surface area contributed by atoms with Crippen LogP contribution in [0.1, 0.15) is 27.6 Å². The van der Waals surface area contributed by atoms with Crippen LogP contribution in [0.4, 0.5) is 0 Å². The molecule has 15 heavy (non-hydrogen) atoms. The summed E-state index contributed by atoms with van der Waals surface area (Å²) in [4.78, 5) is 20.7. The van der Waals surface area contributed by atoms with Crippen LogP contribution >= 0.6 is 0 Å². The number of rotatable bonds is 2. The number of carboxylic acids is 2. The van der Waals surface area contributed by atoms with Crippen molar-refractivity contribution in [3.05, 3.63) is 35.4 Å². The number of aliphatic hydroxyl groups excluding tert-OH is 1. The van der Waals surface area contributed by atoms with Crippen molar-refractivity contribution in [3.8, 4) is 0 Å². The molecule has 0 saturated carbocycles. The molecule has 0 saturated heterocycles. The van der Waals surface area contributed by atoms with E-state index in [1.807, 2.05) is 0 Å². The Kier molecular flexibility index (Phi) is 5.73. The Morgan fingerprint density at radius 3 is 1.33 bits per heavy atom. The van der Waals surface area contributed by atoms with Gasteiger partial charge in [0.05, 0.1) is 11.1 Å². The van der Waals surface area contributed by atoms with E-state index in [1.54, 1.807) is 6.92 Å². The first-order chi connectivity index (χ1) is 7.02. The van der Waals surface area contributed by atoms with Crippen LogP contribution in [0.2, 0.25) is 0 Å². The average molecular weight is 212 g/mol. The minimum atomic E-state index is -1.06. The second-order valence-electron chi connectivity index (χ2n) is 2.50. The first-order valence-corrected chi connectivity index (χ1v) is 4.20. The minimum absolute atomic E-state index is 0.0833. The maximum absolute atomic E-state index is 10.3. The lowest BCUT2D eigenvalue weighted by Crippen LogP contribution is -1.99. The Balaban J connectivity index is 0.000000583. The summed E-state index contributed by atoms with van der Waals surface area (Å²) in [7, 11) is 0. The van der Waals surface area contributed by atoms with Crippen LogP contribution in [0.5, 0.6) is 0 Å². The quantitative estimate of drug-likeness (QED) is 0.681. The molecule has 0 aliphatic rings. The molecule has 0 bridgehead atoms. The highest BCUT2D eigenvalue weighted by Gasteiger charge is 2.04. The molecule has 3 N–H and O–H groups in total. The predicted molar refractivity (Wildman–Crippen MR) is 53.1 cm³/mol. The predicted octanol–water partition coefficient (Wildman–Crippen LogP) is 1.08. The second-order valence-corrected chi connectivity index (χ2v) is 2.50. The van der Waals surface area contributed by atoms with E-state index in [0.717, 1.165) is 0 Å². The number of hydrogen-bond acceptors (Lipinski definition) is 3. The standard InChI is InChI=1S/C8H6O4.C2H6O/c9-7(10)5-1-2-6(4-3-5)8(11)12;1-2-3/h1-4H,(H,9,10)(H,11,12);3H,2H2,1H3. The normalized spacial score (nSPS) is 8.67. The number of aromatic carboxylic acids is 2. The molecule has 0 aliphatic carbocycles. The zero-order valence-electron chi connectivity index (χ0n) is 8.17. The van der Waals surface area contributed by atoms with Crippen molar-refractivity contribution in [1.82, 2.24) is 0 Å². The molecule has 0 amide bonds. The van der Waals surface area contributed by atoms with Gasteiger partial charge in [-0.2, -0.15) is 0 Å². The third-order valence-electron chi connectivity index (χ3n) is 1.38. The maximum Gasteiger partial charge on any atom is 0.335 e. The van der Waals surface area contributed by atoms with E-state index in [-0.39, 0.29) is 17.7 Å². The molecule has 0 heterocycles. The monoisotopic (exact) mass is 212 g/mol. The van der Waals surface area contributed by atoms with Gasteiger partial charge < -0.3 is 15.3 Å². The van der Waals surface area contributed by atoms with Crippen LogP contribution in [-0.4, -0.2) is 33.9 Å². The number of aliphatic hydroxyl groups is 1. The highest BCUT2D eigenvalue weighted by molar-refractivity contribution is 5.91. The molecule has 1 aromatic carbocycles. The van der Waals surface area contributed by atoms with Gasteiger partial charge in [0.25, 0.3) is 0 Å². The lowest BCUT2D eigenvalue weighted by Gasteiger charge is -1.94. The van der Waals surface area contributed by atoms with Crippen molar-refractivity contribution in [1.29, 1.82) is 0 Å². The number of benzene rings is 1. The molecule has 5 nitrogen and oxygen atoms in total. The van der Waals surface area contributed by atoms with Gasteiger partial charge in [-0.05, 0) is 31.2 Å². The fourth-order valence-electron chi connectivity index (χ4n) is 0.755.